The maximum absolute atomic E-state index is 11.6. The van der Waals surface area contributed by atoms with Gasteiger partial charge in [-0.1, -0.05) is 6.07 Å². The molecule has 0 radical (unpaired) electrons. The van der Waals surface area contributed by atoms with Crippen molar-refractivity contribution in [3.05, 3.63) is 24.4 Å². The second-order valence-electron chi connectivity index (χ2n) is 6.02. The summed E-state index contributed by atoms with van der Waals surface area (Å²) in [5.74, 6) is 1.73. The van der Waals surface area contributed by atoms with E-state index < -0.39 is 0 Å². The lowest BCUT2D eigenvalue weighted by molar-refractivity contribution is -0.121. The topological polar surface area (TPSA) is 57.3 Å². The van der Waals surface area contributed by atoms with Crippen LogP contribution in [0.3, 0.4) is 0 Å². The molecule has 1 aromatic rings. The first-order valence-corrected chi connectivity index (χ1v) is 7.80. The molecule has 5 heteroatoms. The molecule has 1 fully saturated rings. The average molecular weight is 290 g/mol. The van der Waals surface area contributed by atoms with E-state index in [1.54, 1.807) is 6.20 Å². The number of carbonyl (C=O) groups is 1. The highest BCUT2D eigenvalue weighted by Gasteiger charge is 2.22. The first-order chi connectivity index (χ1) is 10.1. The highest BCUT2D eigenvalue weighted by molar-refractivity contribution is 5.76. The standard InChI is InChI=1S/C16H26N4O/c1-13(2)19-16(21)7-10-20-9-6-14(12-20)11-18-15-5-3-4-8-17-15/h3-5,8,13-14H,6-7,9-12H2,1-2H3,(H,17,18)(H,19,21)/t14-/m0/s1. The number of likely N-dealkylation sites (tertiary alicyclic amines) is 1. The van der Waals surface area contributed by atoms with E-state index in [0.717, 1.165) is 32.0 Å². The predicted octanol–water partition coefficient (Wildman–Crippen LogP) is 1.73. The first kappa shape index (κ1) is 15.8. The van der Waals surface area contributed by atoms with Crippen molar-refractivity contribution in [2.75, 3.05) is 31.5 Å². The van der Waals surface area contributed by atoms with Crippen LogP contribution in [-0.4, -0.2) is 48.0 Å². The fraction of sp³-hybridized carbons (Fsp3) is 0.625. The van der Waals surface area contributed by atoms with Crippen molar-refractivity contribution >= 4 is 11.7 Å². The Morgan fingerprint density at radius 2 is 2.33 bits per heavy atom. The molecular formula is C16H26N4O. The van der Waals surface area contributed by atoms with Gasteiger partial charge in [-0.2, -0.15) is 0 Å². The molecule has 1 aromatic heterocycles. The van der Waals surface area contributed by atoms with Gasteiger partial charge >= 0.3 is 0 Å². The van der Waals surface area contributed by atoms with Gasteiger partial charge in [-0.15, -0.1) is 0 Å². The van der Waals surface area contributed by atoms with Crippen LogP contribution in [-0.2, 0) is 4.79 Å². The van der Waals surface area contributed by atoms with Crippen LogP contribution in [0.25, 0.3) is 0 Å². The Hall–Kier alpha value is -1.62. The lowest BCUT2D eigenvalue weighted by Crippen LogP contribution is -2.33. The predicted molar refractivity (Wildman–Crippen MR) is 85.2 cm³/mol. The Morgan fingerprint density at radius 1 is 1.48 bits per heavy atom. The van der Waals surface area contributed by atoms with E-state index >= 15 is 0 Å². The third kappa shape index (κ3) is 5.71. The van der Waals surface area contributed by atoms with E-state index in [4.69, 9.17) is 0 Å². The number of carbonyl (C=O) groups excluding carboxylic acids is 1. The Balaban J connectivity index is 1.63. The number of hydrogen-bond acceptors (Lipinski definition) is 4. The Kier molecular flexibility index (Phi) is 5.99. The van der Waals surface area contributed by atoms with Crippen LogP contribution in [0.4, 0.5) is 5.82 Å². The molecule has 0 spiro atoms. The summed E-state index contributed by atoms with van der Waals surface area (Å²) in [6.07, 6.45) is 3.58. The number of nitrogens with one attached hydrogen (secondary N) is 2. The maximum Gasteiger partial charge on any atom is 0.221 e. The summed E-state index contributed by atoms with van der Waals surface area (Å²) in [4.78, 5) is 18.3. The molecule has 2 heterocycles. The van der Waals surface area contributed by atoms with Gasteiger partial charge in [0, 0.05) is 38.3 Å². The van der Waals surface area contributed by atoms with Crippen molar-refractivity contribution < 1.29 is 4.79 Å². The zero-order valence-corrected chi connectivity index (χ0v) is 13.0. The summed E-state index contributed by atoms with van der Waals surface area (Å²) in [5.41, 5.74) is 0. The van der Waals surface area contributed by atoms with E-state index in [0.29, 0.717) is 12.3 Å². The zero-order valence-electron chi connectivity index (χ0n) is 13.0. The molecule has 0 unspecified atom stereocenters. The quantitative estimate of drug-likeness (QED) is 0.803. The average Bonchev–Trinajstić information content (AvgIpc) is 2.91. The second kappa shape index (κ2) is 7.98. The van der Waals surface area contributed by atoms with Gasteiger partial charge in [-0.25, -0.2) is 4.98 Å². The smallest absolute Gasteiger partial charge is 0.221 e. The van der Waals surface area contributed by atoms with Gasteiger partial charge in [-0.05, 0) is 44.9 Å². The monoisotopic (exact) mass is 290 g/mol. The van der Waals surface area contributed by atoms with Crippen LogP contribution in [0, 0.1) is 5.92 Å². The molecule has 5 nitrogen and oxygen atoms in total. The largest absolute Gasteiger partial charge is 0.370 e. The molecule has 1 saturated heterocycles. The fourth-order valence-electron chi connectivity index (χ4n) is 2.65. The molecule has 0 saturated carbocycles. The SMILES string of the molecule is CC(C)NC(=O)CCN1CC[C@@H](CNc2ccccn2)C1. The Labute approximate surface area is 127 Å². The van der Waals surface area contributed by atoms with Gasteiger partial charge in [0.05, 0.1) is 0 Å². The summed E-state index contributed by atoms with van der Waals surface area (Å²) in [6.45, 7) is 7.95. The van der Waals surface area contributed by atoms with E-state index in [2.05, 4.69) is 20.5 Å². The third-order valence-electron chi connectivity index (χ3n) is 3.71. The van der Waals surface area contributed by atoms with Crippen molar-refractivity contribution in [3.63, 3.8) is 0 Å². The summed E-state index contributed by atoms with van der Waals surface area (Å²) in [6, 6.07) is 6.13. The number of pyridine rings is 1. The molecular weight excluding hydrogens is 264 g/mol. The molecule has 0 bridgehead atoms. The molecule has 2 N–H and O–H groups in total. The first-order valence-electron chi connectivity index (χ1n) is 7.80. The van der Waals surface area contributed by atoms with Crippen LogP contribution >= 0.6 is 0 Å². The van der Waals surface area contributed by atoms with E-state index in [-0.39, 0.29) is 11.9 Å². The number of nitrogens with zero attached hydrogens (tertiary/aromatic N) is 2. The van der Waals surface area contributed by atoms with Crippen molar-refractivity contribution in [1.29, 1.82) is 0 Å². The number of aromatic nitrogens is 1. The van der Waals surface area contributed by atoms with Gasteiger partial charge in [0.1, 0.15) is 5.82 Å². The molecule has 2 rings (SSSR count). The fourth-order valence-corrected chi connectivity index (χ4v) is 2.65. The van der Waals surface area contributed by atoms with Gasteiger partial charge in [0.25, 0.3) is 0 Å². The molecule has 1 atom stereocenters. The molecule has 0 aliphatic carbocycles. The number of hydrogen-bond donors (Lipinski definition) is 2. The summed E-state index contributed by atoms with van der Waals surface area (Å²) >= 11 is 0. The minimum Gasteiger partial charge on any atom is -0.370 e. The number of rotatable bonds is 7. The van der Waals surface area contributed by atoms with Crippen molar-refractivity contribution in [2.24, 2.45) is 5.92 Å². The molecule has 1 aliphatic heterocycles. The third-order valence-corrected chi connectivity index (χ3v) is 3.71. The number of amides is 1. The Morgan fingerprint density at radius 3 is 3.05 bits per heavy atom. The molecule has 0 aromatic carbocycles. The number of anilines is 1. The van der Waals surface area contributed by atoms with Gasteiger partial charge in [-0.3, -0.25) is 4.79 Å². The summed E-state index contributed by atoms with van der Waals surface area (Å²) < 4.78 is 0. The van der Waals surface area contributed by atoms with Gasteiger partial charge in [0.2, 0.25) is 5.91 Å². The minimum absolute atomic E-state index is 0.153. The van der Waals surface area contributed by atoms with E-state index in [1.165, 1.54) is 6.42 Å². The van der Waals surface area contributed by atoms with Crippen LogP contribution in [0.15, 0.2) is 24.4 Å². The lowest BCUT2D eigenvalue weighted by Gasteiger charge is -2.17. The van der Waals surface area contributed by atoms with Crippen LogP contribution in [0.5, 0.6) is 0 Å². The normalized spacial score (nSPS) is 18.9. The second-order valence-corrected chi connectivity index (χ2v) is 6.02. The molecule has 1 aliphatic rings. The minimum atomic E-state index is 0.153. The maximum atomic E-state index is 11.6. The van der Waals surface area contributed by atoms with Gasteiger partial charge in [0.15, 0.2) is 0 Å². The van der Waals surface area contributed by atoms with Crippen LogP contribution in [0.1, 0.15) is 26.7 Å². The molecule has 116 valence electrons. The lowest BCUT2D eigenvalue weighted by atomic mass is 10.1. The van der Waals surface area contributed by atoms with Gasteiger partial charge < -0.3 is 15.5 Å². The summed E-state index contributed by atoms with van der Waals surface area (Å²) in [5, 5.41) is 6.32. The zero-order chi connectivity index (χ0) is 15.1. The Bertz CT molecular complexity index is 435. The summed E-state index contributed by atoms with van der Waals surface area (Å²) in [7, 11) is 0. The molecule has 1 amide bonds. The van der Waals surface area contributed by atoms with Crippen molar-refractivity contribution in [3.8, 4) is 0 Å². The van der Waals surface area contributed by atoms with E-state index in [1.807, 2.05) is 32.0 Å². The van der Waals surface area contributed by atoms with Crippen LogP contribution < -0.4 is 10.6 Å². The van der Waals surface area contributed by atoms with E-state index in [9.17, 15) is 4.79 Å². The highest BCUT2D eigenvalue weighted by atomic mass is 16.1. The van der Waals surface area contributed by atoms with Crippen molar-refractivity contribution in [1.82, 2.24) is 15.2 Å². The van der Waals surface area contributed by atoms with Crippen LogP contribution in [0.2, 0.25) is 0 Å². The highest BCUT2D eigenvalue weighted by Crippen LogP contribution is 2.16. The van der Waals surface area contributed by atoms with Crippen molar-refractivity contribution in [2.45, 2.75) is 32.7 Å². The molecule has 21 heavy (non-hydrogen) atoms.